The molecule has 0 unspecified atom stereocenters. The van der Waals surface area contributed by atoms with Gasteiger partial charge in [-0.3, -0.25) is 14.5 Å². The van der Waals surface area contributed by atoms with Gasteiger partial charge in [-0.05, 0) is 85.8 Å². The Morgan fingerprint density at radius 1 is 1.08 bits per heavy atom. The fourth-order valence-corrected chi connectivity index (χ4v) is 5.00. The summed E-state index contributed by atoms with van der Waals surface area (Å²) < 4.78 is 5.59. The minimum Gasteiger partial charge on any atom is -0.508 e. The number of benzene rings is 2. The van der Waals surface area contributed by atoms with Crippen LogP contribution < -0.4 is 10.2 Å². The van der Waals surface area contributed by atoms with Gasteiger partial charge in [-0.1, -0.05) is 37.1 Å². The van der Waals surface area contributed by atoms with E-state index >= 15 is 0 Å². The number of nitrogens with one attached hydrogen (secondary N) is 1. The standard InChI is InChI=1S/C29H32N6O4/c1-18-7-6-10-24(20(18)3)35(26(37)17-34-32-28(31-33-34)25-16-11-19(2)39-25)27(21-12-14-23(36)15-13-21)29(38)30-22-8-4-5-9-22/h6-7,10-16,22,27,36H,4-5,8-9,17H2,1-3H3,(H,30,38)/t27-/m1/s1. The van der Waals surface area contributed by atoms with Crippen molar-refractivity contribution in [2.75, 3.05) is 4.90 Å². The molecular weight excluding hydrogens is 496 g/mol. The molecule has 0 aliphatic heterocycles. The lowest BCUT2D eigenvalue weighted by Gasteiger charge is -2.33. The van der Waals surface area contributed by atoms with Crippen LogP contribution in [0.2, 0.25) is 0 Å². The molecule has 1 aliphatic carbocycles. The Kier molecular flexibility index (Phi) is 7.44. The Morgan fingerprint density at radius 3 is 2.51 bits per heavy atom. The van der Waals surface area contributed by atoms with E-state index in [0.717, 1.165) is 36.8 Å². The Labute approximate surface area is 226 Å². The summed E-state index contributed by atoms with van der Waals surface area (Å²) in [5, 5.41) is 25.5. The zero-order valence-electron chi connectivity index (χ0n) is 22.3. The third-order valence-corrected chi connectivity index (χ3v) is 7.21. The summed E-state index contributed by atoms with van der Waals surface area (Å²) in [6, 6.07) is 14.7. The van der Waals surface area contributed by atoms with Crippen molar-refractivity contribution >= 4 is 17.5 Å². The highest BCUT2D eigenvalue weighted by molar-refractivity contribution is 6.02. The number of amides is 2. The third-order valence-electron chi connectivity index (χ3n) is 7.21. The summed E-state index contributed by atoms with van der Waals surface area (Å²) in [6.45, 7) is 5.47. The minimum atomic E-state index is -0.977. The van der Waals surface area contributed by atoms with Gasteiger partial charge in [0, 0.05) is 11.7 Å². The lowest BCUT2D eigenvalue weighted by molar-refractivity contribution is -0.127. The topological polar surface area (TPSA) is 126 Å². The zero-order valence-corrected chi connectivity index (χ0v) is 22.3. The molecule has 5 rings (SSSR count). The molecule has 4 aromatic rings. The predicted octanol–water partition coefficient (Wildman–Crippen LogP) is 4.40. The van der Waals surface area contributed by atoms with E-state index in [4.69, 9.17) is 4.42 Å². The van der Waals surface area contributed by atoms with Crippen LogP contribution in [0.5, 0.6) is 5.75 Å². The largest absolute Gasteiger partial charge is 0.508 e. The van der Waals surface area contributed by atoms with Crippen LogP contribution in [-0.2, 0) is 16.1 Å². The number of aromatic nitrogens is 4. The van der Waals surface area contributed by atoms with Gasteiger partial charge in [-0.25, -0.2) is 0 Å². The van der Waals surface area contributed by atoms with Crippen LogP contribution in [0.1, 0.15) is 54.2 Å². The number of carbonyl (C=O) groups excluding carboxylic acids is 2. The van der Waals surface area contributed by atoms with E-state index in [1.165, 1.54) is 21.8 Å². The highest BCUT2D eigenvalue weighted by Gasteiger charge is 2.35. The number of phenolic OH excluding ortho intramolecular Hbond substituents is 1. The second-order valence-electron chi connectivity index (χ2n) is 10.0. The van der Waals surface area contributed by atoms with Crippen LogP contribution in [0.3, 0.4) is 0 Å². The molecular formula is C29H32N6O4. The maximum absolute atomic E-state index is 14.1. The molecule has 1 aliphatic rings. The summed E-state index contributed by atoms with van der Waals surface area (Å²) in [5.41, 5.74) is 3.06. The molecule has 1 saturated carbocycles. The molecule has 10 heteroatoms. The number of carbonyl (C=O) groups is 2. The molecule has 1 fully saturated rings. The Balaban J connectivity index is 1.54. The predicted molar refractivity (Wildman–Crippen MR) is 145 cm³/mol. The molecule has 1 atom stereocenters. The van der Waals surface area contributed by atoms with Crippen LogP contribution >= 0.6 is 0 Å². The van der Waals surface area contributed by atoms with Crippen LogP contribution in [0.15, 0.2) is 59.0 Å². The SMILES string of the molecule is Cc1ccc(-c2nnn(CC(=O)N(c3cccc(C)c3C)[C@@H](C(=O)NC3CCCC3)c3ccc(O)cc3)n2)o1. The van der Waals surface area contributed by atoms with Crippen molar-refractivity contribution in [1.82, 2.24) is 25.5 Å². The summed E-state index contributed by atoms with van der Waals surface area (Å²) >= 11 is 0. The number of anilines is 1. The number of furan rings is 1. The number of nitrogens with zero attached hydrogens (tertiary/aromatic N) is 5. The van der Waals surface area contributed by atoms with Crippen LogP contribution in [0.4, 0.5) is 5.69 Å². The van der Waals surface area contributed by atoms with E-state index in [9.17, 15) is 14.7 Å². The number of rotatable bonds is 8. The monoisotopic (exact) mass is 528 g/mol. The van der Waals surface area contributed by atoms with Gasteiger partial charge in [0.1, 0.15) is 24.1 Å². The van der Waals surface area contributed by atoms with Crippen molar-refractivity contribution in [1.29, 1.82) is 0 Å². The molecule has 2 heterocycles. The molecule has 0 bridgehead atoms. The van der Waals surface area contributed by atoms with Gasteiger partial charge < -0.3 is 14.8 Å². The van der Waals surface area contributed by atoms with Crippen LogP contribution in [-0.4, -0.2) is 43.2 Å². The van der Waals surface area contributed by atoms with E-state index in [-0.39, 0.29) is 36.0 Å². The molecule has 39 heavy (non-hydrogen) atoms. The first kappa shape index (κ1) is 26.1. The van der Waals surface area contributed by atoms with Crippen molar-refractivity contribution in [2.24, 2.45) is 0 Å². The Bertz CT molecular complexity index is 1470. The van der Waals surface area contributed by atoms with Crippen LogP contribution in [0.25, 0.3) is 11.6 Å². The molecule has 2 N–H and O–H groups in total. The van der Waals surface area contributed by atoms with Crippen LogP contribution in [0, 0.1) is 20.8 Å². The van der Waals surface area contributed by atoms with Gasteiger partial charge in [-0.2, -0.15) is 4.80 Å². The lowest BCUT2D eigenvalue weighted by atomic mass is 9.99. The maximum atomic E-state index is 14.1. The quantitative estimate of drug-likeness (QED) is 0.347. The smallest absolute Gasteiger partial charge is 0.251 e. The van der Waals surface area contributed by atoms with Crippen molar-refractivity contribution in [3.8, 4) is 17.3 Å². The van der Waals surface area contributed by atoms with Crippen molar-refractivity contribution in [2.45, 2.75) is 65.1 Å². The molecule has 0 spiro atoms. The zero-order chi connectivity index (χ0) is 27.5. The average Bonchev–Trinajstić information content (AvgIpc) is 3.68. The Hall–Kier alpha value is -4.47. The van der Waals surface area contributed by atoms with Crippen molar-refractivity contribution in [3.63, 3.8) is 0 Å². The molecule has 0 saturated heterocycles. The van der Waals surface area contributed by atoms with Gasteiger partial charge in [0.25, 0.3) is 5.91 Å². The highest BCUT2D eigenvalue weighted by atomic mass is 16.3. The molecule has 10 nitrogen and oxygen atoms in total. The lowest BCUT2D eigenvalue weighted by Crippen LogP contribution is -2.47. The van der Waals surface area contributed by atoms with Gasteiger partial charge in [-0.15, -0.1) is 10.2 Å². The van der Waals surface area contributed by atoms with Gasteiger partial charge >= 0.3 is 0 Å². The summed E-state index contributed by atoms with van der Waals surface area (Å²) in [7, 11) is 0. The number of tetrazole rings is 1. The maximum Gasteiger partial charge on any atom is 0.251 e. The van der Waals surface area contributed by atoms with E-state index in [1.807, 2.05) is 39.0 Å². The number of hydrogen-bond acceptors (Lipinski definition) is 7. The first-order chi connectivity index (χ1) is 18.8. The number of aryl methyl sites for hydroxylation is 2. The van der Waals surface area contributed by atoms with Crippen molar-refractivity contribution in [3.05, 3.63) is 77.0 Å². The first-order valence-corrected chi connectivity index (χ1v) is 13.1. The summed E-state index contributed by atoms with van der Waals surface area (Å²) in [6.07, 6.45) is 3.93. The minimum absolute atomic E-state index is 0.0592. The van der Waals surface area contributed by atoms with Gasteiger partial charge in [0.05, 0.1) is 0 Å². The Morgan fingerprint density at radius 2 is 1.82 bits per heavy atom. The second-order valence-corrected chi connectivity index (χ2v) is 10.0. The summed E-state index contributed by atoms with van der Waals surface area (Å²) in [5.74, 6) is 0.844. The van der Waals surface area contributed by atoms with Crippen molar-refractivity contribution < 1.29 is 19.1 Å². The van der Waals surface area contributed by atoms with Gasteiger partial charge in [0.2, 0.25) is 11.7 Å². The number of phenols is 1. The molecule has 2 aromatic carbocycles. The van der Waals surface area contributed by atoms with E-state index in [1.54, 1.807) is 24.3 Å². The van der Waals surface area contributed by atoms with E-state index in [2.05, 4.69) is 20.7 Å². The summed E-state index contributed by atoms with van der Waals surface area (Å²) in [4.78, 5) is 30.7. The number of aromatic hydroxyl groups is 1. The highest BCUT2D eigenvalue weighted by Crippen LogP contribution is 2.33. The molecule has 2 amide bonds. The van der Waals surface area contributed by atoms with E-state index < -0.39 is 6.04 Å². The number of hydrogen-bond donors (Lipinski definition) is 2. The fraction of sp³-hybridized carbons (Fsp3) is 0.345. The average molecular weight is 529 g/mol. The molecule has 2 aromatic heterocycles. The molecule has 202 valence electrons. The van der Waals surface area contributed by atoms with Gasteiger partial charge in [0.15, 0.2) is 5.76 Å². The third kappa shape index (κ3) is 5.69. The molecule has 0 radical (unpaired) electrons. The normalized spacial score (nSPS) is 14.3. The first-order valence-electron chi connectivity index (χ1n) is 13.1. The fourth-order valence-electron chi connectivity index (χ4n) is 5.00. The van der Waals surface area contributed by atoms with E-state index in [0.29, 0.717) is 22.8 Å². The second kappa shape index (κ2) is 11.1.